The summed E-state index contributed by atoms with van der Waals surface area (Å²) in [6.45, 7) is 2.81. The van der Waals surface area contributed by atoms with Crippen molar-refractivity contribution in [1.29, 1.82) is 0 Å². The molecule has 2 aromatic heterocycles. The molecule has 45 heavy (non-hydrogen) atoms. The highest BCUT2D eigenvalue weighted by atomic mass is 31.2. The molecule has 13 nitrogen and oxygen atoms in total. The smallest absolute Gasteiger partial charge is 0.459 e. The first-order valence-corrected chi connectivity index (χ1v) is 15.1. The molecule has 0 spiro atoms. The summed E-state index contributed by atoms with van der Waals surface area (Å²) >= 11 is 0. The predicted molar refractivity (Wildman–Crippen MR) is 152 cm³/mol. The van der Waals surface area contributed by atoms with Crippen LogP contribution in [0, 0.1) is 0 Å². The molecule has 1 saturated heterocycles. The molecule has 1 fully saturated rings. The molecular formula is C27H29F4N6O7P. The number of ether oxygens (including phenoxy) is 2. The lowest BCUT2D eigenvalue weighted by Crippen LogP contribution is -2.54. The Balaban J connectivity index is 1.50. The fraction of sp³-hybridized carbons (Fsp3) is 0.407. The van der Waals surface area contributed by atoms with Crippen molar-refractivity contribution in [2.75, 3.05) is 12.3 Å². The normalized spacial score (nSPS) is 23.4. The van der Waals surface area contributed by atoms with E-state index in [1.165, 1.54) is 13.0 Å². The highest BCUT2D eigenvalue weighted by Crippen LogP contribution is 2.54. The second-order valence-electron chi connectivity index (χ2n) is 10.6. The summed E-state index contributed by atoms with van der Waals surface area (Å²) in [5.74, 6) is -5.49. The molecule has 0 bridgehead atoms. The minimum Gasteiger partial charge on any atom is -0.462 e. The SMILES string of the molecule is CC(C)OC(=O)[C@H](C)NP(=O)(OC[C@@]1(C(F)F)O[C@@H](n2cnc3c(N)ncnc32)C(F)(F)[C@@H]1O)Oc1cccc2ccccc12. The van der Waals surface area contributed by atoms with E-state index < -0.39 is 62.7 Å². The molecular weight excluding hydrogens is 627 g/mol. The van der Waals surface area contributed by atoms with Crippen molar-refractivity contribution < 1.29 is 50.5 Å². The van der Waals surface area contributed by atoms with E-state index in [1.807, 2.05) is 0 Å². The van der Waals surface area contributed by atoms with Gasteiger partial charge in [-0.15, -0.1) is 0 Å². The quantitative estimate of drug-likeness (QED) is 0.119. The van der Waals surface area contributed by atoms with Crippen molar-refractivity contribution in [3.63, 3.8) is 0 Å². The van der Waals surface area contributed by atoms with Gasteiger partial charge in [-0.25, -0.2) is 28.3 Å². The fourth-order valence-electron chi connectivity index (χ4n) is 4.75. The van der Waals surface area contributed by atoms with E-state index in [9.17, 15) is 23.2 Å². The lowest BCUT2D eigenvalue weighted by molar-refractivity contribution is -0.191. The fourth-order valence-corrected chi connectivity index (χ4v) is 6.30. The Hall–Kier alpha value is -3.89. The Bertz CT molecular complexity index is 1760. The second-order valence-corrected chi connectivity index (χ2v) is 12.3. The minimum absolute atomic E-state index is 0.0438. The number of esters is 1. The molecule has 18 heteroatoms. The van der Waals surface area contributed by atoms with Crippen LogP contribution in [0.3, 0.4) is 0 Å². The van der Waals surface area contributed by atoms with Gasteiger partial charge in [0.2, 0.25) is 6.23 Å². The molecule has 5 rings (SSSR count). The second kappa shape index (κ2) is 12.1. The maximum atomic E-state index is 15.6. The lowest BCUT2D eigenvalue weighted by Gasteiger charge is -2.32. The zero-order valence-corrected chi connectivity index (χ0v) is 24.9. The topological polar surface area (TPSA) is 173 Å². The third kappa shape index (κ3) is 6.05. The Labute approximate surface area is 253 Å². The monoisotopic (exact) mass is 656 g/mol. The van der Waals surface area contributed by atoms with E-state index in [0.717, 1.165) is 12.7 Å². The van der Waals surface area contributed by atoms with Crippen LogP contribution in [0.2, 0.25) is 0 Å². The number of anilines is 1. The van der Waals surface area contributed by atoms with Crippen molar-refractivity contribution >= 4 is 41.5 Å². The van der Waals surface area contributed by atoms with Crippen LogP contribution in [0.15, 0.2) is 55.1 Å². The predicted octanol–water partition coefficient (Wildman–Crippen LogP) is 4.22. The van der Waals surface area contributed by atoms with Gasteiger partial charge in [0.15, 0.2) is 23.2 Å². The number of nitrogens with one attached hydrogen (secondary N) is 1. The summed E-state index contributed by atoms with van der Waals surface area (Å²) in [7, 11) is -4.90. The lowest BCUT2D eigenvalue weighted by atomic mass is 9.96. The Morgan fingerprint density at radius 1 is 1.16 bits per heavy atom. The summed E-state index contributed by atoms with van der Waals surface area (Å²) in [5, 5.41) is 14.1. The van der Waals surface area contributed by atoms with Gasteiger partial charge in [-0.05, 0) is 32.2 Å². The van der Waals surface area contributed by atoms with Gasteiger partial charge >= 0.3 is 19.6 Å². The number of aromatic nitrogens is 4. The van der Waals surface area contributed by atoms with Crippen LogP contribution in [-0.4, -0.2) is 73.4 Å². The molecule has 242 valence electrons. The Kier molecular flexibility index (Phi) is 8.76. The van der Waals surface area contributed by atoms with E-state index in [2.05, 4.69) is 20.0 Å². The van der Waals surface area contributed by atoms with Gasteiger partial charge < -0.3 is 24.8 Å². The van der Waals surface area contributed by atoms with Crippen molar-refractivity contribution in [2.45, 2.75) is 63.2 Å². The number of aliphatic hydroxyl groups excluding tert-OH is 1. The summed E-state index contributed by atoms with van der Waals surface area (Å²) in [6, 6.07) is 10.0. The summed E-state index contributed by atoms with van der Waals surface area (Å²) in [4.78, 5) is 23.9. The molecule has 2 aromatic carbocycles. The van der Waals surface area contributed by atoms with Gasteiger partial charge in [0.25, 0.3) is 6.43 Å². The van der Waals surface area contributed by atoms with Crippen molar-refractivity contribution in [3.8, 4) is 5.75 Å². The number of nitrogens with two attached hydrogens (primary N) is 1. The van der Waals surface area contributed by atoms with Crippen molar-refractivity contribution in [2.24, 2.45) is 0 Å². The highest BCUT2D eigenvalue weighted by Gasteiger charge is 2.71. The van der Waals surface area contributed by atoms with Crippen LogP contribution in [0.5, 0.6) is 5.75 Å². The molecule has 0 aliphatic carbocycles. The molecule has 5 atom stereocenters. The Morgan fingerprint density at radius 3 is 2.58 bits per heavy atom. The molecule has 0 amide bonds. The van der Waals surface area contributed by atoms with Gasteiger partial charge in [0.05, 0.1) is 19.0 Å². The number of halogens is 4. The number of aliphatic hydroxyl groups is 1. The van der Waals surface area contributed by atoms with E-state index in [4.69, 9.17) is 24.3 Å². The molecule has 0 saturated carbocycles. The number of hydrogen-bond acceptors (Lipinski definition) is 11. The standard InChI is InChI=1S/C27H29F4N6O7P/c1-14(2)42-22(38)15(3)36-45(40,44-18-10-6-8-16-7-4-5-9-17(16)18)41-11-26(24(28)29)23(39)27(30,31)25(43-26)37-13-35-19-20(32)33-12-34-21(19)37/h4-10,12-15,23-25,39H,11H2,1-3H3,(H,36,40)(H2,32,33,34)/t15-,23+,25+,26+,45?/m0/s1. The number of imidazole rings is 1. The summed E-state index contributed by atoms with van der Waals surface area (Å²) in [5.41, 5.74) is 1.87. The number of rotatable bonds is 11. The number of nitrogen functional groups attached to an aromatic ring is 1. The number of fused-ring (bicyclic) bond motifs is 2. The van der Waals surface area contributed by atoms with Gasteiger partial charge in [-0.1, -0.05) is 36.4 Å². The maximum absolute atomic E-state index is 15.6. The number of alkyl halides is 4. The number of hydrogen-bond donors (Lipinski definition) is 3. The first-order chi connectivity index (χ1) is 21.2. The largest absolute Gasteiger partial charge is 0.462 e. The molecule has 3 heterocycles. The molecule has 1 aliphatic heterocycles. The first-order valence-electron chi connectivity index (χ1n) is 13.5. The third-order valence-electron chi connectivity index (χ3n) is 6.98. The maximum Gasteiger partial charge on any atom is 0.459 e. The van der Waals surface area contributed by atoms with Crippen molar-refractivity contribution in [3.05, 3.63) is 55.1 Å². The molecule has 1 unspecified atom stereocenters. The number of benzene rings is 2. The van der Waals surface area contributed by atoms with Crippen LogP contribution in [-0.2, 0) is 23.4 Å². The van der Waals surface area contributed by atoms with Gasteiger partial charge in [0.1, 0.15) is 23.6 Å². The zero-order chi connectivity index (χ0) is 32.7. The van der Waals surface area contributed by atoms with E-state index >= 15 is 8.78 Å². The summed E-state index contributed by atoms with van der Waals surface area (Å²) < 4.78 is 96.7. The first kappa shape index (κ1) is 32.5. The Morgan fingerprint density at radius 2 is 1.87 bits per heavy atom. The van der Waals surface area contributed by atoms with E-state index in [1.54, 1.807) is 50.2 Å². The van der Waals surface area contributed by atoms with E-state index in [0.29, 0.717) is 15.3 Å². The van der Waals surface area contributed by atoms with E-state index in [-0.39, 0.29) is 22.7 Å². The van der Waals surface area contributed by atoms with Gasteiger partial charge in [-0.2, -0.15) is 13.9 Å². The van der Waals surface area contributed by atoms with Crippen LogP contribution in [0.25, 0.3) is 21.9 Å². The molecule has 0 radical (unpaired) electrons. The third-order valence-corrected chi connectivity index (χ3v) is 8.59. The molecule has 1 aliphatic rings. The van der Waals surface area contributed by atoms with Crippen LogP contribution < -0.4 is 15.3 Å². The van der Waals surface area contributed by atoms with Crippen molar-refractivity contribution in [1.82, 2.24) is 24.6 Å². The van der Waals surface area contributed by atoms with Gasteiger partial charge in [-0.3, -0.25) is 13.9 Å². The van der Waals surface area contributed by atoms with Crippen LogP contribution >= 0.6 is 7.75 Å². The molecule has 4 N–H and O–H groups in total. The molecule has 4 aromatic rings. The van der Waals surface area contributed by atoms with Crippen LogP contribution in [0.4, 0.5) is 23.4 Å². The zero-order valence-electron chi connectivity index (χ0n) is 24.0. The number of carbonyl (C=O) groups excluding carboxylic acids is 1. The highest BCUT2D eigenvalue weighted by molar-refractivity contribution is 7.52. The average Bonchev–Trinajstić information content (AvgIpc) is 3.49. The minimum atomic E-state index is -4.90. The number of carbonyl (C=O) groups is 1. The summed E-state index contributed by atoms with van der Waals surface area (Å²) in [6.07, 6.45) is -8.38. The average molecular weight is 657 g/mol. The van der Waals surface area contributed by atoms with Crippen LogP contribution in [0.1, 0.15) is 27.0 Å². The van der Waals surface area contributed by atoms with Gasteiger partial charge in [0, 0.05) is 5.39 Å². The number of nitrogens with zero attached hydrogens (tertiary/aromatic N) is 4.